The summed E-state index contributed by atoms with van der Waals surface area (Å²) >= 11 is 0. The van der Waals surface area contributed by atoms with E-state index >= 15 is 0 Å². The number of nitrogens with one attached hydrogen (secondary N) is 1. The van der Waals surface area contributed by atoms with Crippen molar-refractivity contribution in [3.8, 4) is 0 Å². The van der Waals surface area contributed by atoms with Gasteiger partial charge in [-0.3, -0.25) is 9.59 Å². The zero-order valence-electron chi connectivity index (χ0n) is 34.0. The molecule has 2 bridgehead atoms. The Hall–Kier alpha value is -4.71. The topological polar surface area (TPSA) is 245 Å². The third kappa shape index (κ3) is 7.33. The largest absolute Gasteiger partial charge is 0.456 e. The maximum absolute atomic E-state index is 15.0. The SMILES string of the molecule is CC(=O)O[C@@]12CO[C@@H]1C[C@H](O)[C@@]1(C)C(=O)[C@H](O)C3=C(C)[C@@H](OC(=O)[C@H](O)[C@@H](NC(=O)OC(C)(C)CO)c4ccccc4)C[C@@](O)([C@@H](OC(=O)c4ccccc4)[C@H]21)C3(C)C. The molecule has 16 heteroatoms. The molecule has 3 aliphatic carbocycles. The summed E-state index contributed by atoms with van der Waals surface area (Å²) in [6.45, 7) is 9.14. The number of hydrogen-bond acceptors (Lipinski definition) is 15. The van der Waals surface area contributed by atoms with Crippen LogP contribution in [0.5, 0.6) is 0 Å². The first kappa shape index (κ1) is 43.9. The second-order valence-electron chi connectivity index (χ2n) is 17.4. The summed E-state index contributed by atoms with van der Waals surface area (Å²) in [7, 11) is 0. The number of alkyl carbamates (subject to hydrolysis) is 1. The van der Waals surface area contributed by atoms with Crippen LogP contribution in [-0.2, 0) is 38.1 Å². The van der Waals surface area contributed by atoms with Gasteiger partial charge >= 0.3 is 24.0 Å². The molecular weight excluding hydrogens is 770 g/mol. The van der Waals surface area contributed by atoms with Gasteiger partial charge in [-0.15, -0.1) is 0 Å². The fraction of sp³-hybridized carbons (Fsp3) is 0.558. The molecule has 1 amide bonds. The number of hydrogen-bond donors (Lipinski definition) is 6. The van der Waals surface area contributed by atoms with Crippen LogP contribution in [0.1, 0.15) is 83.3 Å². The molecule has 11 atom stereocenters. The van der Waals surface area contributed by atoms with Crippen molar-refractivity contribution in [1.82, 2.24) is 5.32 Å². The van der Waals surface area contributed by atoms with Crippen LogP contribution in [0.15, 0.2) is 71.8 Å². The lowest BCUT2D eigenvalue weighted by Crippen LogP contribution is -2.81. The molecule has 0 spiro atoms. The molecule has 1 aliphatic heterocycles. The summed E-state index contributed by atoms with van der Waals surface area (Å²) in [5, 5.41) is 61.1. The summed E-state index contributed by atoms with van der Waals surface area (Å²) in [6, 6.07) is 14.3. The minimum Gasteiger partial charge on any atom is -0.456 e. The highest BCUT2D eigenvalue weighted by Gasteiger charge is 2.78. The van der Waals surface area contributed by atoms with Crippen molar-refractivity contribution in [2.45, 2.75) is 121 Å². The highest BCUT2D eigenvalue weighted by atomic mass is 16.6. The minimum absolute atomic E-state index is 0.0672. The van der Waals surface area contributed by atoms with Gasteiger partial charge in [0.05, 0.1) is 42.3 Å². The van der Waals surface area contributed by atoms with Crippen molar-refractivity contribution in [2.75, 3.05) is 13.2 Å². The fourth-order valence-corrected chi connectivity index (χ4v) is 9.56. The van der Waals surface area contributed by atoms with Gasteiger partial charge in [-0.05, 0) is 56.5 Å². The smallest absolute Gasteiger partial charge is 0.408 e. The lowest BCUT2D eigenvalue weighted by Gasteiger charge is -2.67. The summed E-state index contributed by atoms with van der Waals surface area (Å²) in [5.74, 6) is -5.47. The Kier molecular flexibility index (Phi) is 11.7. The molecule has 320 valence electrons. The molecule has 59 heavy (non-hydrogen) atoms. The van der Waals surface area contributed by atoms with Gasteiger partial charge < -0.3 is 54.5 Å². The second-order valence-corrected chi connectivity index (χ2v) is 17.4. The molecule has 2 aromatic carbocycles. The fourth-order valence-electron chi connectivity index (χ4n) is 9.56. The maximum atomic E-state index is 15.0. The number of carbonyl (C=O) groups excluding carboxylic acids is 5. The van der Waals surface area contributed by atoms with E-state index < -0.39 is 119 Å². The van der Waals surface area contributed by atoms with E-state index in [-0.39, 0.29) is 35.3 Å². The first-order chi connectivity index (χ1) is 27.6. The standard InChI is InChI=1S/C43H53NO15/c1-22-26(56-37(52)32(49)30(24-14-10-8-11-15-24)44-38(53)59-39(3,4)20-45)19-43(54)35(57-36(51)25-16-12-9-13-17-25)33-41(7,34(50)31(48)29(22)40(43,5)6)27(47)18-28-42(33,21-55-28)58-23(2)46/h8-17,26-28,30-33,35,45,47-49,54H,18-21H2,1-7H3,(H,44,53)/t26-,27-,28+,30-,31+,32+,33-,35-,41+,42-,43+/m0/s1. The summed E-state index contributed by atoms with van der Waals surface area (Å²) < 4.78 is 29.4. The number of Topliss-reactive ketones (excluding diaryl/α,β-unsaturated/α-hetero) is 1. The van der Waals surface area contributed by atoms with E-state index in [1.54, 1.807) is 36.4 Å². The predicted octanol–water partition coefficient (Wildman–Crippen LogP) is 2.23. The van der Waals surface area contributed by atoms with Gasteiger partial charge in [0.25, 0.3) is 0 Å². The van der Waals surface area contributed by atoms with Crippen LogP contribution in [0.25, 0.3) is 0 Å². The average Bonchev–Trinajstić information content (AvgIpc) is 3.18. The number of rotatable bonds is 10. The molecule has 6 rings (SSSR count). The molecular formula is C43H53NO15. The lowest BCUT2D eigenvalue weighted by molar-refractivity contribution is -0.346. The Morgan fingerprint density at radius 3 is 2.15 bits per heavy atom. The Bertz CT molecular complexity index is 2000. The number of benzene rings is 2. The van der Waals surface area contributed by atoms with E-state index in [9.17, 15) is 49.5 Å². The highest BCUT2D eigenvalue weighted by molar-refractivity contribution is 5.94. The lowest BCUT2D eigenvalue weighted by atomic mass is 9.44. The van der Waals surface area contributed by atoms with Crippen LogP contribution in [0.4, 0.5) is 4.79 Å². The molecule has 3 fully saturated rings. The number of amides is 1. The van der Waals surface area contributed by atoms with E-state index in [1.165, 1.54) is 65.8 Å². The molecule has 0 unspecified atom stereocenters. The van der Waals surface area contributed by atoms with Crippen molar-refractivity contribution in [1.29, 1.82) is 0 Å². The van der Waals surface area contributed by atoms with Crippen molar-refractivity contribution in [3.05, 3.63) is 82.9 Å². The Morgan fingerprint density at radius 2 is 1.59 bits per heavy atom. The monoisotopic (exact) mass is 823 g/mol. The van der Waals surface area contributed by atoms with Crippen LogP contribution in [0.3, 0.4) is 0 Å². The number of ether oxygens (including phenoxy) is 5. The second kappa shape index (κ2) is 15.7. The Morgan fingerprint density at radius 1 is 0.983 bits per heavy atom. The zero-order valence-corrected chi connectivity index (χ0v) is 34.0. The zero-order chi connectivity index (χ0) is 43.5. The number of carbonyl (C=O) groups is 5. The van der Waals surface area contributed by atoms with E-state index in [1.807, 2.05) is 0 Å². The normalized spacial score (nSPS) is 33.3. The van der Waals surface area contributed by atoms with Crippen LogP contribution >= 0.6 is 0 Å². The number of aliphatic hydroxyl groups is 5. The van der Waals surface area contributed by atoms with Gasteiger partial charge in [0.2, 0.25) is 0 Å². The Balaban J connectivity index is 1.48. The molecule has 16 nitrogen and oxygen atoms in total. The van der Waals surface area contributed by atoms with E-state index in [2.05, 4.69) is 5.32 Å². The van der Waals surface area contributed by atoms with Crippen molar-refractivity contribution >= 4 is 29.8 Å². The van der Waals surface area contributed by atoms with Gasteiger partial charge in [-0.2, -0.15) is 0 Å². The van der Waals surface area contributed by atoms with Gasteiger partial charge in [0, 0.05) is 25.2 Å². The number of ketones is 1. The van der Waals surface area contributed by atoms with E-state index in [0.717, 1.165) is 6.92 Å². The number of fused-ring (bicyclic) bond motifs is 5. The van der Waals surface area contributed by atoms with E-state index in [0.29, 0.717) is 0 Å². The quantitative estimate of drug-likeness (QED) is 0.114. The third-order valence-corrected chi connectivity index (χ3v) is 12.9. The van der Waals surface area contributed by atoms with Gasteiger partial charge in [-0.1, -0.05) is 62.4 Å². The van der Waals surface area contributed by atoms with Gasteiger partial charge in [0.1, 0.15) is 35.6 Å². The third-order valence-electron chi connectivity index (χ3n) is 12.9. The van der Waals surface area contributed by atoms with Crippen LogP contribution in [0.2, 0.25) is 0 Å². The molecule has 2 aromatic rings. The average molecular weight is 824 g/mol. The van der Waals surface area contributed by atoms with E-state index in [4.69, 9.17) is 23.7 Å². The molecule has 6 N–H and O–H groups in total. The molecule has 0 radical (unpaired) electrons. The van der Waals surface area contributed by atoms with Crippen LogP contribution < -0.4 is 5.32 Å². The van der Waals surface area contributed by atoms with Crippen molar-refractivity contribution in [2.24, 2.45) is 16.7 Å². The first-order valence-electron chi connectivity index (χ1n) is 19.5. The Labute approximate surface area is 341 Å². The van der Waals surface area contributed by atoms with Crippen LogP contribution in [0, 0.1) is 16.7 Å². The van der Waals surface area contributed by atoms with Crippen LogP contribution in [-0.4, -0.2) is 122 Å². The molecule has 2 saturated carbocycles. The molecule has 0 aromatic heterocycles. The number of esters is 3. The highest BCUT2D eigenvalue weighted by Crippen LogP contribution is 2.64. The van der Waals surface area contributed by atoms with Crippen molar-refractivity contribution in [3.63, 3.8) is 0 Å². The summed E-state index contributed by atoms with van der Waals surface area (Å²) in [4.78, 5) is 69.0. The maximum Gasteiger partial charge on any atom is 0.408 e. The summed E-state index contributed by atoms with van der Waals surface area (Å²) in [6.07, 6.45) is -11.8. The first-order valence-corrected chi connectivity index (χ1v) is 19.5. The van der Waals surface area contributed by atoms with Gasteiger partial charge in [-0.25, -0.2) is 14.4 Å². The molecule has 1 saturated heterocycles. The predicted molar refractivity (Wildman–Crippen MR) is 205 cm³/mol. The number of aliphatic hydroxyl groups excluding tert-OH is 4. The summed E-state index contributed by atoms with van der Waals surface area (Å²) in [5.41, 5.74) is -8.74. The van der Waals surface area contributed by atoms with Crippen molar-refractivity contribution < 1.29 is 73.2 Å². The van der Waals surface area contributed by atoms with Gasteiger partial charge in [0.15, 0.2) is 17.5 Å². The molecule has 1 heterocycles. The minimum atomic E-state index is -2.38. The molecule has 4 aliphatic rings.